The van der Waals surface area contributed by atoms with Crippen LogP contribution in [0.4, 0.5) is 0 Å². The Balaban J connectivity index is 0.000000211. The summed E-state index contributed by atoms with van der Waals surface area (Å²) in [5.41, 5.74) is 4.83. The molecule has 0 heterocycles. The molecule has 0 radical (unpaired) electrons. The van der Waals surface area contributed by atoms with Crippen LogP contribution in [0.15, 0.2) is 28.7 Å². The first-order valence-corrected chi connectivity index (χ1v) is 7.95. The minimum absolute atomic E-state index is 0.685. The van der Waals surface area contributed by atoms with E-state index < -0.39 is 0 Å². The number of carbonyl (C=O) groups is 1. The summed E-state index contributed by atoms with van der Waals surface area (Å²) >= 11 is 15.2. The van der Waals surface area contributed by atoms with Gasteiger partial charge in [-0.3, -0.25) is 4.79 Å². The minimum atomic E-state index is 0.685. The first kappa shape index (κ1) is 18.2. The maximum absolute atomic E-state index is 10.4. The normalized spacial score (nSPS) is 9.86. The number of aldehydes is 1. The molecule has 0 aliphatic heterocycles. The summed E-state index contributed by atoms with van der Waals surface area (Å²) in [6.45, 7) is 7.78. The third-order valence-electron chi connectivity index (χ3n) is 3.00. The molecule has 0 amide bonds. The van der Waals surface area contributed by atoms with E-state index in [1.165, 1.54) is 0 Å². The van der Waals surface area contributed by atoms with Crippen LogP contribution in [-0.2, 0) is 0 Å². The third kappa shape index (κ3) is 5.14. The van der Waals surface area contributed by atoms with Gasteiger partial charge in [-0.2, -0.15) is 0 Å². The van der Waals surface area contributed by atoms with Crippen LogP contribution in [0, 0.1) is 27.7 Å². The number of halogens is 3. The van der Waals surface area contributed by atoms with Crippen molar-refractivity contribution in [2.24, 2.45) is 0 Å². The third-order valence-corrected chi connectivity index (χ3v) is 4.65. The summed E-state index contributed by atoms with van der Waals surface area (Å²) in [6.07, 6.45) is 0.830. The molecular formula is C17H17BrCl2O. The van der Waals surface area contributed by atoms with E-state index in [0.717, 1.165) is 43.1 Å². The van der Waals surface area contributed by atoms with Gasteiger partial charge >= 0.3 is 0 Å². The highest BCUT2D eigenvalue weighted by Gasteiger charge is 2.01. The lowest BCUT2D eigenvalue weighted by Crippen LogP contribution is -1.86. The Kier molecular flexibility index (Phi) is 6.92. The highest BCUT2D eigenvalue weighted by molar-refractivity contribution is 9.10. The van der Waals surface area contributed by atoms with Crippen molar-refractivity contribution in [2.75, 3.05) is 0 Å². The predicted octanol–water partition coefficient (Wildman–Crippen LogP) is 6.49. The quantitative estimate of drug-likeness (QED) is 0.511. The Bertz CT molecular complexity index is 620. The van der Waals surface area contributed by atoms with Crippen molar-refractivity contribution < 1.29 is 4.79 Å². The first-order valence-electron chi connectivity index (χ1n) is 6.40. The van der Waals surface area contributed by atoms with Crippen LogP contribution in [0.2, 0.25) is 10.0 Å². The largest absolute Gasteiger partial charge is 0.298 e. The van der Waals surface area contributed by atoms with E-state index >= 15 is 0 Å². The Labute approximate surface area is 144 Å². The van der Waals surface area contributed by atoms with E-state index in [0.29, 0.717) is 5.56 Å². The van der Waals surface area contributed by atoms with Gasteiger partial charge < -0.3 is 0 Å². The standard InChI is InChI=1S/C9H9ClO.C8H8BrCl/c1-6-3-8(5-11)4-7(2)9(6)10;1-5-3-7(9)4-6(2)8(5)10/h3-5H,1-2H3;3-4H,1-2H3. The van der Waals surface area contributed by atoms with Crippen LogP contribution in [0.5, 0.6) is 0 Å². The van der Waals surface area contributed by atoms with Gasteiger partial charge in [0.15, 0.2) is 0 Å². The fourth-order valence-corrected chi connectivity index (χ4v) is 2.85. The zero-order chi connectivity index (χ0) is 16.2. The lowest BCUT2D eigenvalue weighted by atomic mass is 10.1. The zero-order valence-electron chi connectivity index (χ0n) is 12.4. The zero-order valence-corrected chi connectivity index (χ0v) is 15.5. The first-order chi connectivity index (χ1) is 9.76. The molecule has 0 atom stereocenters. The number of hydrogen-bond acceptors (Lipinski definition) is 1. The molecule has 2 aromatic carbocycles. The lowest BCUT2D eigenvalue weighted by molar-refractivity contribution is 0.112. The predicted molar refractivity (Wildman–Crippen MR) is 94.9 cm³/mol. The highest BCUT2D eigenvalue weighted by Crippen LogP contribution is 2.24. The monoisotopic (exact) mass is 386 g/mol. The van der Waals surface area contributed by atoms with Gasteiger partial charge in [0.1, 0.15) is 6.29 Å². The van der Waals surface area contributed by atoms with Crippen LogP contribution < -0.4 is 0 Å². The molecule has 0 aromatic heterocycles. The average Bonchev–Trinajstić information content (AvgIpc) is 2.42. The molecule has 0 fully saturated rings. The number of benzene rings is 2. The van der Waals surface area contributed by atoms with Crippen molar-refractivity contribution in [3.63, 3.8) is 0 Å². The van der Waals surface area contributed by atoms with Crippen molar-refractivity contribution in [1.29, 1.82) is 0 Å². The average molecular weight is 388 g/mol. The van der Waals surface area contributed by atoms with Crippen LogP contribution in [0.25, 0.3) is 0 Å². The summed E-state index contributed by atoms with van der Waals surface area (Å²) in [4.78, 5) is 10.4. The molecule has 21 heavy (non-hydrogen) atoms. The van der Waals surface area contributed by atoms with Crippen molar-refractivity contribution in [1.82, 2.24) is 0 Å². The van der Waals surface area contributed by atoms with E-state index in [4.69, 9.17) is 23.2 Å². The molecule has 112 valence electrons. The van der Waals surface area contributed by atoms with Crippen LogP contribution in [0.1, 0.15) is 32.6 Å². The molecule has 2 rings (SSSR count). The smallest absolute Gasteiger partial charge is 0.150 e. The van der Waals surface area contributed by atoms with Crippen molar-refractivity contribution in [3.8, 4) is 0 Å². The Hall–Kier alpha value is -0.830. The van der Waals surface area contributed by atoms with E-state index in [1.807, 2.05) is 39.8 Å². The molecule has 1 nitrogen and oxygen atoms in total. The fraction of sp³-hybridized carbons (Fsp3) is 0.235. The Morgan fingerprint density at radius 2 is 1.14 bits per heavy atom. The minimum Gasteiger partial charge on any atom is -0.298 e. The Morgan fingerprint density at radius 3 is 1.48 bits per heavy atom. The van der Waals surface area contributed by atoms with Crippen molar-refractivity contribution >= 4 is 45.4 Å². The van der Waals surface area contributed by atoms with E-state index in [-0.39, 0.29) is 0 Å². The van der Waals surface area contributed by atoms with E-state index in [1.54, 1.807) is 12.1 Å². The fourth-order valence-electron chi connectivity index (χ4n) is 1.94. The van der Waals surface area contributed by atoms with Crippen molar-refractivity contribution in [3.05, 3.63) is 66.6 Å². The molecule has 0 aliphatic rings. The number of rotatable bonds is 1. The molecule has 0 N–H and O–H groups in total. The summed E-state index contributed by atoms with van der Waals surface area (Å²) < 4.78 is 1.09. The molecule has 0 spiro atoms. The molecule has 0 saturated carbocycles. The number of hydrogen-bond donors (Lipinski definition) is 0. The number of aryl methyl sites for hydroxylation is 4. The van der Waals surface area contributed by atoms with Crippen LogP contribution in [-0.4, -0.2) is 6.29 Å². The topological polar surface area (TPSA) is 17.1 Å². The van der Waals surface area contributed by atoms with Gasteiger partial charge in [0.2, 0.25) is 0 Å². The highest BCUT2D eigenvalue weighted by atomic mass is 79.9. The molecule has 2 aromatic rings. The van der Waals surface area contributed by atoms with E-state index in [9.17, 15) is 4.79 Å². The number of carbonyl (C=O) groups excluding carboxylic acids is 1. The molecule has 0 aliphatic carbocycles. The molecular weight excluding hydrogens is 371 g/mol. The van der Waals surface area contributed by atoms with Gasteiger partial charge in [0.05, 0.1) is 0 Å². The van der Waals surface area contributed by atoms with Gasteiger partial charge in [-0.25, -0.2) is 0 Å². The van der Waals surface area contributed by atoms with Gasteiger partial charge in [-0.1, -0.05) is 39.1 Å². The van der Waals surface area contributed by atoms with E-state index in [2.05, 4.69) is 15.9 Å². The lowest BCUT2D eigenvalue weighted by Gasteiger charge is -2.02. The maximum Gasteiger partial charge on any atom is 0.150 e. The maximum atomic E-state index is 10.4. The van der Waals surface area contributed by atoms with Gasteiger partial charge in [0.25, 0.3) is 0 Å². The van der Waals surface area contributed by atoms with Crippen LogP contribution >= 0.6 is 39.1 Å². The van der Waals surface area contributed by atoms with Gasteiger partial charge in [-0.15, -0.1) is 0 Å². The summed E-state index contributed by atoms with van der Waals surface area (Å²) in [5, 5.41) is 1.61. The van der Waals surface area contributed by atoms with Gasteiger partial charge in [-0.05, 0) is 74.2 Å². The molecule has 0 saturated heterocycles. The molecule has 0 unspecified atom stereocenters. The summed E-state index contributed by atoms with van der Waals surface area (Å²) in [5.74, 6) is 0. The second-order valence-electron chi connectivity index (χ2n) is 4.94. The SMILES string of the molecule is Cc1cc(Br)cc(C)c1Cl.Cc1cc(C=O)cc(C)c1Cl. The second-order valence-corrected chi connectivity index (χ2v) is 6.61. The van der Waals surface area contributed by atoms with Gasteiger partial charge in [0, 0.05) is 20.1 Å². The van der Waals surface area contributed by atoms with Crippen LogP contribution in [0.3, 0.4) is 0 Å². The molecule has 4 heteroatoms. The molecule has 0 bridgehead atoms. The Morgan fingerprint density at radius 1 is 0.810 bits per heavy atom. The van der Waals surface area contributed by atoms with Crippen molar-refractivity contribution in [2.45, 2.75) is 27.7 Å². The summed E-state index contributed by atoms with van der Waals surface area (Å²) in [7, 11) is 0. The second kappa shape index (κ2) is 7.98. The summed E-state index contributed by atoms with van der Waals surface area (Å²) in [6, 6.07) is 7.58.